The minimum atomic E-state index is -3.77. The number of aromatic nitrogens is 1. The van der Waals surface area contributed by atoms with Crippen molar-refractivity contribution in [3.63, 3.8) is 0 Å². The van der Waals surface area contributed by atoms with Crippen LogP contribution in [0.3, 0.4) is 0 Å². The molecule has 0 fully saturated rings. The molecule has 0 amide bonds. The molecule has 1 aromatic heterocycles. The Balaban J connectivity index is 1.98. The number of nitrogens with two attached hydrogens (primary N) is 1. The lowest BCUT2D eigenvalue weighted by molar-refractivity contribution is 0.601. The van der Waals surface area contributed by atoms with Crippen molar-refractivity contribution in [3.8, 4) is 0 Å². The monoisotopic (exact) mass is 339 g/mol. The average molecular weight is 340 g/mol. The summed E-state index contributed by atoms with van der Waals surface area (Å²) >= 11 is 7.39. The van der Waals surface area contributed by atoms with Crippen LogP contribution in [0.5, 0.6) is 0 Å². The summed E-state index contributed by atoms with van der Waals surface area (Å²) in [6.45, 7) is 0. The summed E-state index contributed by atoms with van der Waals surface area (Å²) in [6.07, 6.45) is 0. The first-order valence-corrected chi connectivity index (χ1v) is 8.61. The second-order valence-electron chi connectivity index (χ2n) is 4.33. The highest BCUT2D eigenvalue weighted by atomic mass is 35.5. The summed E-state index contributed by atoms with van der Waals surface area (Å²) < 4.78 is 28.1. The second-order valence-corrected chi connectivity index (χ2v) is 7.27. The molecule has 0 atom stereocenters. The zero-order valence-electron chi connectivity index (χ0n) is 10.6. The Hall–Kier alpha value is -1.83. The van der Waals surface area contributed by atoms with Crippen molar-refractivity contribution < 1.29 is 8.42 Å². The fourth-order valence-corrected chi connectivity index (χ4v) is 4.18. The van der Waals surface area contributed by atoms with E-state index >= 15 is 0 Å². The van der Waals surface area contributed by atoms with E-state index in [2.05, 4.69) is 9.71 Å². The Bertz CT molecular complexity index is 922. The van der Waals surface area contributed by atoms with E-state index in [1.807, 2.05) is 0 Å². The molecule has 0 saturated heterocycles. The highest BCUT2D eigenvalue weighted by Crippen LogP contribution is 2.27. The van der Waals surface area contributed by atoms with Crippen LogP contribution in [0.4, 0.5) is 11.4 Å². The number of hydrogen-bond donors (Lipinski definition) is 2. The summed E-state index contributed by atoms with van der Waals surface area (Å²) in [5, 5.41) is 0.0846. The van der Waals surface area contributed by atoms with Crippen molar-refractivity contribution >= 4 is 54.6 Å². The minimum absolute atomic E-state index is 0.0113. The van der Waals surface area contributed by atoms with Gasteiger partial charge in [-0.2, -0.15) is 0 Å². The largest absolute Gasteiger partial charge is 0.399 e. The number of benzene rings is 2. The van der Waals surface area contributed by atoms with E-state index < -0.39 is 10.0 Å². The van der Waals surface area contributed by atoms with Gasteiger partial charge in [-0.15, -0.1) is 11.3 Å². The summed E-state index contributed by atoms with van der Waals surface area (Å²) in [5.74, 6) is 0. The fourth-order valence-electron chi connectivity index (χ4n) is 1.86. The molecule has 3 rings (SSSR count). The van der Waals surface area contributed by atoms with Crippen LogP contribution in [-0.2, 0) is 10.0 Å². The second kappa shape index (κ2) is 5.18. The Morgan fingerprint density at radius 2 is 2.00 bits per heavy atom. The SMILES string of the molecule is Nc1ccc(S(=O)(=O)Nc2ccc3ncsc3c2)c(Cl)c1. The van der Waals surface area contributed by atoms with Gasteiger partial charge in [0.05, 0.1) is 26.4 Å². The molecule has 0 unspecified atom stereocenters. The van der Waals surface area contributed by atoms with Gasteiger partial charge in [0.25, 0.3) is 10.0 Å². The van der Waals surface area contributed by atoms with Gasteiger partial charge in [-0.25, -0.2) is 13.4 Å². The molecule has 3 N–H and O–H groups in total. The number of nitrogens with one attached hydrogen (secondary N) is 1. The van der Waals surface area contributed by atoms with Crippen LogP contribution in [0, 0.1) is 0 Å². The van der Waals surface area contributed by atoms with Gasteiger partial charge < -0.3 is 5.73 Å². The number of nitrogen functional groups attached to an aromatic ring is 1. The van der Waals surface area contributed by atoms with Crippen molar-refractivity contribution in [2.24, 2.45) is 0 Å². The van der Waals surface area contributed by atoms with E-state index in [0.29, 0.717) is 11.4 Å². The van der Waals surface area contributed by atoms with Gasteiger partial charge in [0.15, 0.2) is 0 Å². The van der Waals surface area contributed by atoms with Crippen LogP contribution in [0.15, 0.2) is 46.8 Å². The van der Waals surface area contributed by atoms with Crippen LogP contribution in [0.2, 0.25) is 5.02 Å². The number of anilines is 2. The molecule has 2 aromatic carbocycles. The first-order chi connectivity index (χ1) is 9.95. The van der Waals surface area contributed by atoms with Gasteiger partial charge in [0.1, 0.15) is 4.90 Å². The zero-order chi connectivity index (χ0) is 15.0. The summed E-state index contributed by atoms with van der Waals surface area (Å²) in [5.41, 5.74) is 8.97. The van der Waals surface area contributed by atoms with Gasteiger partial charge in [0, 0.05) is 5.69 Å². The molecule has 8 heteroatoms. The molecule has 108 valence electrons. The molecule has 1 heterocycles. The predicted molar refractivity (Wildman–Crippen MR) is 86.3 cm³/mol. The quantitative estimate of drug-likeness (QED) is 0.717. The van der Waals surface area contributed by atoms with E-state index in [1.165, 1.54) is 29.5 Å². The van der Waals surface area contributed by atoms with Crippen molar-refractivity contribution in [1.29, 1.82) is 0 Å². The molecule has 0 aliphatic carbocycles. The Kier molecular flexibility index (Phi) is 3.48. The summed E-state index contributed by atoms with van der Waals surface area (Å²) in [4.78, 5) is 4.13. The van der Waals surface area contributed by atoms with E-state index in [9.17, 15) is 8.42 Å². The molecule has 0 aliphatic heterocycles. The van der Waals surface area contributed by atoms with Crippen LogP contribution >= 0.6 is 22.9 Å². The number of rotatable bonds is 3. The summed E-state index contributed by atoms with van der Waals surface area (Å²) in [6, 6.07) is 9.43. The zero-order valence-corrected chi connectivity index (χ0v) is 13.0. The first-order valence-electron chi connectivity index (χ1n) is 5.87. The fraction of sp³-hybridized carbons (Fsp3) is 0. The molecule has 5 nitrogen and oxygen atoms in total. The maximum atomic E-state index is 12.4. The lowest BCUT2D eigenvalue weighted by Gasteiger charge is -2.10. The third kappa shape index (κ3) is 2.80. The lowest BCUT2D eigenvalue weighted by Crippen LogP contribution is -2.13. The normalized spacial score (nSPS) is 11.7. The molecule has 0 bridgehead atoms. The van der Waals surface area contributed by atoms with Crippen molar-refractivity contribution in [2.45, 2.75) is 4.90 Å². The molecule has 21 heavy (non-hydrogen) atoms. The van der Waals surface area contributed by atoms with Crippen LogP contribution in [-0.4, -0.2) is 13.4 Å². The Labute approximate surface area is 130 Å². The number of halogens is 1. The Morgan fingerprint density at radius 3 is 2.76 bits per heavy atom. The molecule has 0 spiro atoms. The van der Waals surface area contributed by atoms with Gasteiger partial charge >= 0.3 is 0 Å². The molecule has 0 saturated carbocycles. The van der Waals surface area contributed by atoms with Gasteiger partial charge in [-0.3, -0.25) is 4.72 Å². The topological polar surface area (TPSA) is 85.1 Å². The number of thiazole rings is 1. The lowest BCUT2D eigenvalue weighted by atomic mass is 10.3. The van der Waals surface area contributed by atoms with Crippen LogP contribution in [0.1, 0.15) is 0 Å². The predicted octanol–water partition coefficient (Wildman–Crippen LogP) is 3.33. The highest BCUT2D eigenvalue weighted by molar-refractivity contribution is 7.92. The maximum Gasteiger partial charge on any atom is 0.263 e. The highest BCUT2D eigenvalue weighted by Gasteiger charge is 2.18. The van der Waals surface area contributed by atoms with Crippen LogP contribution in [0.25, 0.3) is 10.2 Å². The Morgan fingerprint density at radius 1 is 1.19 bits per heavy atom. The number of sulfonamides is 1. The van der Waals surface area contributed by atoms with Gasteiger partial charge in [-0.05, 0) is 36.4 Å². The van der Waals surface area contributed by atoms with Crippen molar-refractivity contribution in [3.05, 3.63) is 46.9 Å². The number of hydrogen-bond acceptors (Lipinski definition) is 5. The molecular formula is C13H10ClN3O2S2. The van der Waals surface area contributed by atoms with Gasteiger partial charge in [-0.1, -0.05) is 11.6 Å². The van der Waals surface area contributed by atoms with Gasteiger partial charge in [0.2, 0.25) is 0 Å². The average Bonchev–Trinajstić information content (AvgIpc) is 2.85. The van der Waals surface area contributed by atoms with E-state index in [0.717, 1.165) is 10.2 Å². The van der Waals surface area contributed by atoms with Crippen LogP contribution < -0.4 is 10.5 Å². The van der Waals surface area contributed by atoms with Crippen molar-refractivity contribution in [2.75, 3.05) is 10.5 Å². The van der Waals surface area contributed by atoms with Crippen molar-refractivity contribution in [1.82, 2.24) is 4.98 Å². The van der Waals surface area contributed by atoms with E-state index in [1.54, 1.807) is 23.7 Å². The summed E-state index contributed by atoms with van der Waals surface area (Å²) in [7, 11) is -3.77. The smallest absolute Gasteiger partial charge is 0.263 e. The standard InChI is InChI=1S/C13H10ClN3O2S2/c14-10-5-8(15)1-4-13(10)21(18,19)17-9-2-3-11-12(6-9)20-7-16-11/h1-7,17H,15H2. The van der Waals surface area contributed by atoms with E-state index in [-0.39, 0.29) is 9.92 Å². The molecule has 0 aliphatic rings. The number of nitrogens with zero attached hydrogens (tertiary/aromatic N) is 1. The molecule has 0 radical (unpaired) electrons. The minimum Gasteiger partial charge on any atom is -0.399 e. The maximum absolute atomic E-state index is 12.4. The number of fused-ring (bicyclic) bond motifs is 1. The first kappa shape index (κ1) is 14.1. The third-order valence-corrected chi connectivity index (χ3v) is 5.48. The third-order valence-electron chi connectivity index (χ3n) is 2.83. The molecular weight excluding hydrogens is 330 g/mol. The van der Waals surface area contributed by atoms with E-state index in [4.69, 9.17) is 17.3 Å². The molecule has 3 aromatic rings.